The first-order chi connectivity index (χ1) is 22.0. The molecule has 2 aliphatic heterocycles. The number of phenols is 4. The molecular formula is C40H48O7. The first kappa shape index (κ1) is 34.3. The summed E-state index contributed by atoms with van der Waals surface area (Å²) in [5.74, 6) is 0.478. The third-order valence-electron chi connectivity index (χ3n) is 10.5. The summed E-state index contributed by atoms with van der Waals surface area (Å²) in [5, 5.41) is 39.2. The fraction of sp³-hybridized carbons (Fsp3) is 0.400. The van der Waals surface area contributed by atoms with E-state index in [0.717, 1.165) is 22.3 Å². The third-order valence-corrected chi connectivity index (χ3v) is 10.5. The van der Waals surface area contributed by atoms with E-state index in [4.69, 9.17) is 14.2 Å². The Morgan fingerprint density at radius 2 is 0.681 bits per heavy atom. The van der Waals surface area contributed by atoms with Crippen molar-refractivity contribution in [3.05, 3.63) is 119 Å². The van der Waals surface area contributed by atoms with E-state index in [-0.39, 0.29) is 69.4 Å². The zero-order chi connectivity index (χ0) is 34.4. The van der Waals surface area contributed by atoms with Crippen LogP contribution in [0.2, 0.25) is 0 Å². The van der Waals surface area contributed by atoms with Gasteiger partial charge >= 0.3 is 0 Å². The maximum absolute atomic E-state index is 9.79. The van der Waals surface area contributed by atoms with Crippen LogP contribution in [0.4, 0.5) is 0 Å². The van der Waals surface area contributed by atoms with Crippen LogP contribution in [0.25, 0.3) is 0 Å². The molecule has 4 unspecified atom stereocenters. The molecule has 4 N–H and O–H groups in total. The molecule has 2 saturated heterocycles. The standard InChI is InChI=1S/C26H22O4.C14H26O3/c27-21-9-1-17(2-10-21)25(18-3-11-22(28)12-4-18)26(19-5-13-23(29)14-6-19)20-7-15-24(30)16-8-20;1-9-13(7,15-9)11(3,4)17-12(5,6)14(8)10(2)16-14/h1-16,25-30H;9-10H,1-8H3. The Kier molecular flexibility index (Phi) is 9.14. The van der Waals surface area contributed by atoms with Crippen molar-refractivity contribution in [1.82, 2.24) is 0 Å². The molecule has 4 atom stereocenters. The van der Waals surface area contributed by atoms with Gasteiger partial charge in [-0.15, -0.1) is 0 Å². The van der Waals surface area contributed by atoms with Crippen LogP contribution in [0, 0.1) is 0 Å². The molecule has 0 radical (unpaired) electrons. The SMILES string of the molecule is CC1OC1(C)C(C)(C)OC(C)(C)C1(C)OC1C.Oc1ccc(C(c2ccc(O)cc2)C(c2ccc(O)cc2)c2ccc(O)cc2)cc1. The minimum atomic E-state index is -0.315. The number of aromatic hydroxyl groups is 4. The summed E-state index contributed by atoms with van der Waals surface area (Å²) in [6, 6.07) is 28.4. The zero-order valence-electron chi connectivity index (χ0n) is 28.6. The van der Waals surface area contributed by atoms with Crippen molar-refractivity contribution < 1.29 is 34.6 Å². The van der Waals surface area contributed by atoms with Gasteiger partial charge in [-0.2, -0.15) is 0 Å². The Bertz CT molecular complexity index is 1430. The first-order valence-electron chi connectivity index (χ1n) is 16.2. The molecule has 6 rings (SSSR count). The molecule has 0 amide bonds. The van der Waals surface area contributed by atoms with Crippen molar-refractivity contribution in [3.63, 3.8) is 0 Å². The van der Waals surface area contributed by atoms with E-state index in [1.54, 1.807) is 48.5 Å². The number of epoxide rings is 2. The van der Waals surface area contributed by atoms with Gasteiger partial charge in [0.05, 0.1) is 23.4 Å². The van der Waals surface area contributed by atoms with Crippen molar-refractivity contribution in [1.29, 1.82) is 0 Å². The van der Waals surface area contributed by atoms with E-state index in [2.05, 4.69) is 55.4 Å². The molecule has 2 fully saturated rings. The number of ether oxygens (including phenoxy) is 3. The van der Waals surface area contributed by atoms with Gasteiger partial charge in [-0.1, -0.05) is 48.5 Å². The molecule has 0 spiro atoms. The Labute approximate surface area is 278 Å². The lowest BCUT2D eigenvalue weighted by Gasteiger charge is -2.41. The Balaban J connectivity index is 0.000000216. The van der Waals surface area contributed by atoms with Gasteiger partial charge in [-0.3, -0.25) is 0 Å². The lowest BCUT2D eigenvalue weighted by atomic mass is 9.73. The number of hydrogen-bond donors (Lipinski definition) is 4. The summed E-state index contributed by atoms with van der Waals surface area (Å²) >= 11 is 0. The summed E-state index contributed by atoms with van der Waals surface area (Å²) in [5.41, 5.74) is 2.97. The fourth-order valence-electron chi connectivity index (χ4n) is 6.65. The highest BCUT2D eigenvalue weighted by molar-refractivity contribution is 5.48. The van der Waals surface area contributed by atoms with Gasteiger partial charge in [0.1, 0.15) is 34.2 Å². The van der Waals surface area contributed by atoms with E-state index in [1.807, 2.05) is 48.5 Å². The van der Waals surface area contributed by atoms with Gasteiger partial charge in [0, 0.05) is 11.8 Å². The highest BCUT2D eigenvalue weighted by atomic mass is 16.7. The number of benzene rings is 4. The molecule has 2 aliphatic rings. The van der Waals surface area contributed by atoms with Crippen LogP contribution >= 0.6 is 0 Å². The molecule has 4 aromatic rings. The van der Waals surface area contributed by atoms with Crippen molar-refractivity contribution >= 4 is 0 Å². The second-order valence-corrected chi connectivity index (χ2v) is 14.2. The van der Waals surface area contributed by atoms with Crippen LogP contribution in [-0.2, 0) is 14.2 Å². The lowest BCUT2D eigenvalue weighted by Crippen LogP contribution is -2.53. The Hall–Kier alpha value is -4.04. The van der Waals surface area contributed by atoms with Crippen molar-refractivity contribution in [2.24, 2.45) is 0 Å². The van der Waals surface area contributed by atoms with E-state index < -0.39 is 0 Å². The van der Waals surface area contributed by atoms with E-state index >= 15 is 0 Å². The van der Waals surface area contributed by atoms with E-state index in [9.17, 15) is 20.4 Å². The predicted molar refractivity (Wildman–Crippen MR) is 183 cm³/mol. The molecule has 0 aliphatic carbocycles. The van der Waals surface area contributed by atoms with E-state index in [1.165, 1.54) is 0 Å². The summed E-state index contributed by atoms with van der Waals surface area (Å²) in [6.07, 6.45) is 0.525. The van der Waals surface area contributed by atoms with Crippen LogP contribution in [0.1, 0.15) is 89.5 Å². The number of rotatable bonds is 9. The first-order valence-corrected chi connectivity index (χ1v) is 16.2. The Morgan fingerprint density at radius 3 is 0.851 bits per heavy atom. The normalized spacial score (nSPS) is 23.7. The molecular weight excluding hydrogens is 592 g/mol. The van der Waals surface area contributed by atoms with Crippen LogP contribution in [-0.4, -0.2) is 55.0 Å². The molecule has 47 heavy (non-hydrogen) atoms. The molecule has 0 bridgehead atoms. The molecule has 250 valence electrons. The molecule has 7 nitrogen and oxygen atoms in total. The maximum Gasteiger partial charge on any atom is 0.120 e. The van der Waals surface area contributed by atoms with Gasteiger partial charge in [0.25, 0.3) is 0 Å². The smallest absolute Gasteiger partial charge is 0.120 e. The summed E-state index contributed by atoms with van der Waals surface area (Å²) < 4.78 is 17.8. The van der Waals surface area contributed by atoms with E-state index in [0.29, 0.717) is 0 Å². The summed E-state index contributed by atoms with van der Waals surface area (Å²) in [7, 11) is 0. The molecule has 2 heterocycles. The highest BCUT2D eigenvalue weighted by Gasteiger charge is 2.66. The second-order valence-electron chi connectivity index (χ2n) is 14.2. The van der Waals surface area contributed by atoms with Crippen LogP contribution in [0.15, 0.2) is 97.1 Å². The quantitative estimate of drug-likeness (QED) is 0.136. The van der Waals surface area contributed by atoms with Crippen molar-refractivity contribution in [3.8, 4) is 23.0 Å². The van der Waals surface area contributed by atoms with Gasteiger partial charge < -0.3 is 34.6 Å². The van der Waals surface area contributed by atoms with Crippen molar-refractivity contribution in [2.45, 2.75) is 102 Å². The van der Waals surface area contributed by atoms with Gasteiger partial charge in [-0.25, -0.2) is 0 Å². The minimum absolute atomic E-state index is 0.139. The lowest BCUT2D eigenvalue weighted by molar-refractivity contribution is -0.177. The minimum Gasteiger partial charge on any atom is -0.508 e. The largest absolute Gasteiger partial charge is 0.508 e. The Morgan fingerprint density at radius 1 is 0.489 bits per heavy atom. The average Bonchev–Trinajstić information content (AvgIpc) is 3.87. The zero-order valence-corrected chi connectivity index (χ0v) is 28.6. The van der Waals surface area contributed by atoms with Crippen molar-refractivity contribution in [2.75, 3.05) is 0 Å². The number of phenolic OH excluding ortho intramolecular Hbond substituents is 4. The van der Waals surface area contributed by atoms with Gasteiger partial charge in [-0.05, 0) is 126 Å². The van der Waals surface area contributed by atoms with Crippen LogP contribution in [0.5, 0.6) is 23.0 Å². The van der Waals surface area contributed by atoms with Crippen LogP contribution in [0.3, 0.4) is 0 Å². The monoisotopic (exact) mass is 640 g/mol. The topological polar surface area (TPSA) is 115 Å². The maximum atomic E-state index is 9.79. The van der Waals surface area contributed by atoms with Crippen LogP contribution < -0.4 is 0 Å². The van der Waals surface area contributed by atoms with Gasteiger partial charge in [0.15, 0.2) is 0 Å². The molecule has 0 saturated carbocycles. The fourth-order valence-corrected chi connectivity index (χ4v) is 6.65. The summed E-state index contributed by atoms with van der Waals surface area (Å²) in [6.45, 7) is 16.8. The third kappa shape index (κ3) is 6.98. The molecule has 4 aromatic carbocycles. The molecule has 7 heteroatoms. The van der Waals surface area contributed by atoms with Gasteiger partial charge in [0.2, 0.25) is 0 Å². The molecule has 0 aromatic heterocycles. The summed E-state index contributed by atoms with van der Waals surface area (Å²) in [4.78, 5) is 0. The second kappa shape index (κ2) is 12.5. The predicted octanol–water partition coefficient (Wildman–Crippen LogP) is 8.39. The highest BCUT2D eigenvalue weighted by Crippen LogP contribution is 2.53. The number of hydrogen-bond acceptors (Lipinski definition) is 7. The average molecular weight is 641 g/mol.